The van der Waals surface area contributed by atoms with Crippen LogP contribution < -0.4 is 10.1 Å². The zero-order valence-corrected chi connectivity index (χ0v) is 17.2. The Labute approximate surface area is 171 Å². The van der Waals surface area contributed by atoms with Gasteiger partial charge in [-0.25, -0.2) is 0 Å². The van der Waals surface area contributed by atoms with Gasteiger partial charge in [-0.3, -0.25) is 4.79 Å². The maximum Gasteiger partial charge on any atom is 0.303 e. The maximum absolute atomic E-state index is 11.2. The maximum atomic E-state index is 11.2. The summed E-state index contributed by atoms with van der Waals surface area (Å²) in [5, 5.41) is 3.49. The van der Waals surface area contributed by atoms with Gasteiger partial charge in [-0.15, -0.1) is 0 Å². The highest BCUT2D eigenvalue weighted by atomic mass is 16.6. The van der Waals surface area contributed by atoms with E-state index in [-0.39, 0.29) is 12.1 Å². The van der Waals surface area contributed by atoms with Crippen LogP contribution >= 0.6 is 0 Å². The standard InChI is InChI=1S/C24H27NO4/c1-15-7-8-18(16(2)24(15)21-6-4-5-11-27-21)13-25-19-9-10-20-22(12-19)28-14-23(20)29-17(3)26/h6-10,12,23,25H,4-5,11,13-14H2,1-3H3/t23-/m1/s1. The largest absolute Gasteiger partial charge is 0.493 e. The van der Waals surface area contributed by atoms with E-state index in [0.717, 1.165) is 42.2 Å². The highest BCUT2D eigenvalue weighted by molar-refractivity contribution is 5.68. The second kappa shape index (κ2) is 8.19. The number of fused-ring (bicyclic) bond motifs is 1. The van der Waals surface area contributed by atoms with Gasteiger partial charge in [0.15, 0.2) is 6.10 Å². The molecule has 2 aromatic rings. The Bertz CT molecular complexity index is 964. The van der Waals surface area contributed by atoms with Crippen molar-refractivity contribution >= 4 is 17.4 Å². The van der Waals surface area contributed by atoms with Gasteiger partial charge < -0.3 is 19.5 Å². The molecule has 0 saturated carbocycles. The van der Waals surface area contributed by atoms with Crippen molar-refractivity contribution < 1.29 is 19.0 Å². The number of rotatable bonds is 5. The fourth-order valence-corrected chi connectivity index (χ4v) is 3.98. The lowest BCUT2D eigenvalue weighted by Gasteiger charge is -2.21. The summed E-state index contributed by atoms with van der Waals surface area (Å²) < 4.78 is 16.9. The zero-order chi connectivity index (χ0) is 20.4. The molecule has 2 aliphatic heterocycles. The molecular weight excluding hydrogens is 366 g/mol. The summed E-state index contributed by atoms with van der Waals surface area (Å²) in [6.07, 6.45) is 4.04. The van der Waals surface area contributed by atoms with Gasteiger partial charge in [0.05, 0.1) is 6.61 Å². The monoisotopic (exact) mass is 393 g/mol. The van der Waals surface area contributed by atoms with E-state index in [9.17, 15) is 4.79 Å². The molecule has 0 amide bonds. The number of carbonyl (C=O) groups excluding carboxylic acids is 1. The smallest absolute Gasteiger partial charge is 0.303 e. The average molecular weight is 393 g/mol. The number of nitrogens with one attached hydrogen (secondary N) is 1. The lowest BCUT2D eigenvalue weighted by atomic mass is 9.95. The molecule has 4 rings (SSSR count). The van der Waals surface area contributed by atoms with Crippen molar-refractivity contribution in [2.75, 3.05) is 18.5 Å². The first-order chi connectivity index (χ1) is 14.0. The van der Waals surface area contributed by atoms with Crippen LogP contribution in [0.15, 0.2) is 36.4 Å². The summed E-state index contributed by atoms with van der Waals surface area (Å²) >= 11 is 0. The molecule has 152 valence electrons. The van der Waals surface area contributed by atoms with Crippen LogP contribution in [0.2, 0.25) is 0 Å². The molecule has 2 aliphatic rings. The zero-order valence-electron chi connectivity index (χ0n) is 17.2. The third kappa shape index (κ3) is 4.09. The molecule has 0 aromatic heterocycles. The topological polar surface area (TPSA) is 56.8 Å². The Morgan fingerprint density at radius 1 is 1.21 bits per heavy atom. The molecular formula is C24H27NO4. The lowest BCUT2D eigenvalue weighted by Crippen LogP contribution is -2.09. The Hall–Kier alpha value is -2.95. The first-order valence-electron chi connectivity index (χ1n) is 10.1. The molecule has 5 heteroatoms. The van der Waals surface area contributed by atoms with Gasteiger partial charge in [-0.1, -0.05) is 12.1 Å². The van der Waals surface area contributed by atoms with Crippen LogP contribution in [0.1, 0.15) is 53.7 Å². The molecule has 0 radical (unpaired) electrons. The Morgan fingerprint density at radius 3 is 2.83 bits per heavy atom. The molecule has 29 heavy (non-hydrogen) atoms. The molecule has 0 bridgehead atoms. The van der Waals surface area contributed by atoms with Crippen molar-refractivity contribution in [3.8, 4) is 5.75 Å². The van der Waals surface area contributed by atoms with Gasteiger partial charge >= 0.3 is 5.97 Å². The van der Waals surface area contributed by atoms with E-state index in [1.54, 1.807) is 0 Å². The van der Waals surface area contributed by atoms with Crippen LogP contribution in [-0.4, -0.2) is 19.2 Å². The third-order valence-corrected chi connectivity index (χ3v) is 5.51. The Balaban J connectivity index is 1.50. The van der Waals surface area contributed by atoms with Crippen LogP contribution in [-0.2, 0) is 20.8 Å². The highest BCUT2D eigenvalue weighted by Gasteiger charge is 2.26. The summed E-state index contributed by atoms with van der Waals surface area (Å²) in [6, 6.07) is 10.3. The quantitative estimate of drug-likeness (QED) is 0.719. The van der Waals surface area contributed by atoms with Gasteiger partial charge in [0.1, 0.15) is 18.1 Å². The second-order valence-corrected chi connectivity index (χ2v) is 7.62. The number of ether oxygens (including phenoxy) is 3. The number of allylic oxidation sites excluding steroid dienone is 1. The molecule has 5 nitrogen and oxygen atoms in total. The summed E-state index contributed by atoms with van der Waals surface area (Å²) in [5.74, 6) is 1.48. The van der Waals surface area contributed by atoms with E-state index in [2.05, 4.69) is 37.4 Å². The SMILES string of the molecule is CC(=O)O[C@@H]1COc2cc(NCc3ccc(C)c(C4=CCCCO4)c3C)ccc21. The minimum Gasteiger partial charge on any atom is -0.493 e. The fourth-order valence-electron chi connectivity index (χ4n) is 3.98. The van der Waals surface area contributed by atoms with Crippen molar-refractivity contribution in [3.05, 3.63) is 64.2 Å². The summed E-state index contributed by atoms with van der Waals surface area (Å²) in [5.41, 5.74) is 6.83. The molecule has 0 aliphatic carbocycles. The van der Waals surface area contributed by atoms with Crippen LogP contribution in [0.25, 0.3) is 5.76 Å². The molecule has 0 fully saturated rings. The van der Waals surface area contributed by atoms with Crippen LogP contribution in [0.4, 0.5) is 5.69 Å². The number of hydrogen-bond acceptors (Lipinski definition) is 5. The predicted octanol–water partition coefficient (Wildman–Crippen LogP) is 5.06. The van der Waals surface area contributed by atoms with Gasteiger partial charge in [0.2, 0.25) is 0 Å². The normalized spacial score (nSPS) is 17.6. The number of hydrogen-bond donors (Lipinski definition) is 1. The number of carbonyl (C=O) groups is 1. The average Bonchev–Trinajstić information content (AvgIpc) is 3.10. The number of aryl methyl sites for hydroxylation is 1. The van der Waals surface area contributed by atoms with Crippen LogP contribution in [0.3, 0.4) is 0 Å². The first-order valence-corrected chi connectivity index (χ1v) is 10.1. The number of anilines is 1. The molecule has 1 N–H and O–H groups in total. The molecule has 2 aromatic carbocycles. The van der Waals surface area contributed by atoms with Crippen molar-refractivity contribution in [1.82, 2.24) is 0 Å². The third-order valence-electron chi connectivity index (χ3n) is 5.51. The van der Waals surface area contributed by atoms with E-state index in [1.165, 1.54) is 29.2 Å². The lowest BCUT2D eigenvalue weighted by molar-refractivity contribution is -0.147. The molecule has 0 unspecified atom stereocenters. The van der Waals surface area contributed by atoms with Crippen LogP contribution in [0.5, 0.6) is 5.75 Å². The molecule has 2 heterocycles. The van der Waals surface area contributed by atoms with Crippen LogP contribution in [0, 0.1) is 13.8 Å². The molecule has 0 spiro atoms. The number of esters is 1. The minimum atomic E-state index is -0.317. The number of benzene rings is 2. The van der Waals surface area contributed by atoms with E-state index >= 15 is 0 Å². The highest BCUT2D eigenvalue weighted by Crippen LogP contribution is 2.37. The Morgan fingerprint density at radius 2 is 2.07 bits per heavy atom. The van der Waals surface area contributed by atoms with Crippen molar-refractivity contribution in [2.24, 2.45) is 0 Å². The predicted molar refractivity (Wildman–Crippen MR) is 113 cm³/mol. The Kier molecular flexibility index (Phi) is 5.47. The van der Waals surface area contributed by atoms with Gasteiger partial charge in [-0.2, -0.15) is 0 Å². The summed E-state index contributed by atoms with van der Waals surface area (Å²) in [4.78, 5) is 11.2. The molecule has 1 atom stereocenters. The minimum absolute atomic E-state index is 0.295. The van der Waals surface area contributed by atoms with Gasteiger partial charge in [0.25, 0.3) is 0 Å². The fraction of sp³-hybridized carbons (Fsp3) is 0.375. The van der Waals surface area contributed by atoms with E-state index in [0.29, 0.717) is 13.2 Å². The summed E-state index contributed by atoms with van der Waals surface area (Å²) in [6.45, 7) is 7.58. The van der Waals surface area contributed by atoms with E-state index < -0.39 is 0 Å². The van der Waals surface area contributed by atoms with E-state index in [1.807, 2.05) is 18.2 Å². The van der Waals surface area contributed by atoms with Gasteiger partial charge in [0, 0.05) is 36.3 Å². The van der Waals surface area contributed by atoms with Crippen molar-refractivity contribution in [3.63, 3.8) is 0 Å². The van der Waals surface area contributed by atoms with Crippen molar-refractivity contribution in [2.45, 2.75) is 46.3 Å². The molecule has 0 saturated heterocycles. The summed E-state index contributed by atoms with van der Waals surface area (Å²) in [7, 11) is 0. The van der Waals surface area contributed by atoms with E-state index in [4.69, 9.17) is 14.2 Å². The first kappa shape index (κ1) is 19.4. The van der Waals surface area contributed by atoms with Crippen molar-refractivity contribution in [1.29, 1.82) is 0 Å². The van der Waals surface area contributed by atoms with Gasteiger partial charge in [-0.05, 0) is 61.6 Å². The second-order valence-electron chi connectivity index (χ2n) is 7.62.